The zero-order valence-corrected chi connectivity index (χ0v) is 12.5. The zero-order chi connectivity index (χ0) is 14.0. The van der Waals surface area contributed by atoms with Crippen molar-refractivity contribution in [2.75, 3.05) is 0 Å². The summed E-state index contributed by atoms with van der Waals surface area (Å²) < 4.78 is 0. The predicted octanol–water partition coefficient (Wildman–Crippen LogP) is 2.10. The Bertz CT molecular complexity index is 493. The van der Waals surface area contributed by atoms with E-state index in [1.54, 1.807) is 11.3 Å². The first-order chi connectivity index (χ1) is 8.87. The fourth-order valence-electron chi connectivity index (χ4n) is 2.29. The molecule has 0 unspecified atom stereocenters. The number of allylic oxidation sites excluding steroid dienone is 1. The Balaban J connectivity index is 1.92. The van der Waals surface area contributed by atoms with Crippen molar-refractivity contribution in [3.8, 4) is 0 Å². The molecule has 0 bridgehead atoms. The molecular formula is C14H21N3OS. The first kappa shape index (κ1) is 14.2. The first-order valence-electron chi connectivity index (χ1n) is 6.54. The number of hydrogen-bond donors (Lipinski definition) is 2. The maximum absolute atomic E-state index is 12.1. The van der Waals surface area contributed by atoms with E-state index in [2.05, 4.69) is 10.3 Å². The highest BCUT2D eigenvalue weighted by molar-refractivity contribution is 7.11. The first-order valence-corrected chi connectivity index (χ1v) is 7.36. The van der Waals surface area contributed by atoms with Gasteiger partial charge in [0.25, 0.3) is 0 Å². The van der Waals surface area contributed by atoms with E-state index in [-0.39, 0.29) is 17.9 Å². The number of rotatable bonds is 4. The molecule has 1 heterocycles. The Hall–Kier alpha value is -1.20. The Morgan fingerprint density at radius 3 is 2.84 bits per heavy atom. The van der Waals surface area contributed by atoms with Crippen LogP contribution in [0.1, 0.15) is 36.6 Å². The number of amides is 1. The minimum absolute atomic E-state index is 0.0570. The second-order valence-electron chi connectivity index (χ2n) is 5.70. The Labute approximate surface area is 118 Å². The van der Waals surface area contributed by atoms with E-state index >= 15 is 0 Å². The van der Waals surface area contributed by atoms with Crippen molar-refractivity contribution in [2.45, 2.75) is 45.2 Å². The highest BCUT2D eigenvalue weighted by atomic mass is 32.1. The van der Waals surface area contributed by atoms with Crippen LogP contribution in [0.15, 0.2) is 18.3 Å². The van der Waals surface area contributed by atoms with Crippen molar-refractivity contribution >= 4 is 17.2 Å². The van der Waals surface area contributed by atoms with E-state index in [4.69, 9.17) is 5.73 Å². The minimum atomic E-state index is -0.416. The van der Waals surface area contributed by atoms with Crippen molar-refractivity contribution in [3.05, 3.63) is 28.2 Å². The average Bonchev–Trinajstić information content (AvgIpc) is 2.87. The lowest BCUT2D eigenvalue weighted by Crippen LogP contribution is -2.41. The largest absolute Gasteiger partial charge is 0.345 e. The number of nitrogens with two attached hydrogens (primary N) is 1. The molecule has 2 rings (SSSR count). The van der Waals surface area contributed by atoms with Crippen LogP contribution in [-0.4, -0.2) is 16.9 Å². The number of carbonyl (C=O) groups is 1. The molecule has 0 radical (unpaired) electrons. The van der Waals surface area contributed by atoms with Gasteiger partial charge in [0.15, 0.2) is 0 Å². The third kappa shape index (κ3) is 3.64. The van der Waals surface area contributed by atoms with Crippen LogP contribution in [0.4, 0.5) is 0 Å². The molecule has 1 aliphatic rings. The van der Waals surface area contributed by atoms with Crippen molar-refractivity contribution < 1.29 is 4.79 Å². The van der Waals surface area contributed by atoms with Crippen molar-refractivity contribution in [2.24, 2.45) is 11.7 Å². The van der Waals surface area contributed by atoms with Gasteiger partial charge in [-0.1, -0.05) is 12.2 Å². The van der Waals surface area contributed by atoms with E-state index in [0.29, 0.717) is 6.42 Å². The second-order valence-corrected chi connectivity index (χ2v) is 6.93. The summed E-state index contributed by atoms with van der Waals surface area (Å²) in [6.45, 7) is 5.99. The molecule has 5 heteroatoms. The van der Waals surface area contributed by atoms with Gasteiger partial charge in [0.2, 0.25) is 5.91 Å². The Kier molecular flexibility index (Phi) is 4.06. The van der Waals surface area contributed by atoms with Crippen molar-refractivity contribution in [3.63, 3.8) is 0 Å². The molecule has 1 aromatic rings. The summed E-state index contributed by atoms with van der Waals surface area (Å²) >= 11 is 1.62. The normalized spacial score (nSPS) is 22.7. The maximum atomic E-state index is 12.1. The standard InChI is InChI=1S/C14H21N3OS/c1-9-8-16-13(19-9)14(2,3)17-12(18)7-10-4-5-11(15)6-10/h4-5,8,10-11H,6-7,15H2,1-3H3,(H,17,18)/t10-,11+/m1/s1. The predicted molar refractivity (Wildman–Crippen MR) is 77.9 cm³/mol. The molecule has 2 atom stereocenters. The smallest absolute Gasteiger partial charge is 0.221 e. The zero-order valence-electron chi connectivity index (χ0n) is 11.6. The molecule has 0 saturated carbocycles. The van der Waals surface area contributed by atoms with Crippen LogP contribution >= 0.6 is 11.3 Å². The fraction of sp³-hybridized carbons (Fsp3) is 0.571. The Morgan fingerprint density at radius 2 is 2.32 bits per heavy atom. The maximum Gasteiger partial charge on any atom is 0.221 e. The van der Waals surface area contributed by atoms with Crippen LogP contribution in [0, 0.1) is 12.8 Å². The SMILES string of the molecule is Cc1cnc(C(C)(C)NC(=O)C[C@@H]2C=C[C@H](N)C2)s1. The van der Waals surface area contributed by atoms with E-state index < -0.39 is 5.54 Å². The van der Waals surface area contributed by atoms with E-state index in [9.17, 15) is 4.79 Å². The number of nitrogens with zero attached hydrogens (tertiary/aromatic N) is 1. The third-order valence-corrected chi connectivity index (χ3v) is 4.50. The van der Waals surface area contributed by atoms with Crippen LogP contribution in [0.5, 0.6) is 0 Å². The Morgan fingerprint density at radius 1 is 1.58 bits per heavy atom. The summed E-state index contributed by atoms with van der Waals surface area (Å²) in [6.07, 6.45) is 7.23. The van der Waals surface area contributed by atoms with Gasteiger partial charge < -0.3 is 11.1 Å². The molecule has 1 amide bonds. The molecule has 0 saturated heterocycles. The molecule has 4 nitrogen and oxygen atoms in total. The van der Waals surface area contributed by atoms with Crippen LogP contribution < -0.4 is 11.1 Å². The van der Waals surface area contributed by atoms with Crippen molar-refractivity contribution in [1.82, 2.24) is 10.3 Å². The molecule has 1 aliphatic carbocycles. The summed E-state index contributed by atoms with van der Waals surface area (Å²) in [6, 6.07) is 0.104. The van der Waals surface area contributed by atoms with Gasteiger partial charge >= 0.3 is 0 Å². The number of aromatic nitrogens is 1. The summed E-state index contributed by atoms with van der Waals surface area (Å²) in [7, 11) is 0. The average molecular weight is 279 g/mol. The molecular weight excluding hydrogens is 258 g/mol. The van der Waals surface area contributed by atoms with Gasteiger partial charge in [-0.05, 0) is 33.1 Å². The van der Waals surface area contributed by atoms with Gasteiger partial charge in [-0.15, -0.1) is 11.3 Å². The van der Waals surface area contributed by atoms with Crippen LogP contribution in [0.2, 0.25) is 0 Å². The molecule has 0 spiro atoms. The third-order valence-electron chi connectivity index (χ3n) is 3.26. The quantitative estimate of drug-likeness (QED) is 0.829. The van der Waals surface area contributed by atoms with Gasteiger partial charge in [-0.2, -0.15) is 0 Å². The molecule has 3 N–H and O–H groups in total. The summed E-state index contributed by atoms with van der Waals surface area (Å²) in [5.41, 5.74) is 5.38. The molecule has 104 valence electrons. The van der Waals surface area contributed by atoms with Crippen LogP contribution in [-0.2, 0) is 10.3 Å². The summed E-state index contributed by atoms with van der Waals surface area (Å²) in [4.78, 5) is 17.6. The van der Waals surface area contributed by atoms with E-state index in [1.807, 2.05) is 39.1 Å². The van der Waals surface area contributed by atoms with Gasteiger partial charge in [0.05, 0.1) is 5.54 Å². The van der Waals surface area contributed by atoms with Crippen LogP contribution in [0.25, 0.3) is 0 Å². The van der Waals surface area contributed by atoms with Gasteiger partial charge in [-0.25, -0.2) is 4.98 Å². The lowest BCUT2D eigenvalue weighted by atomic mass is 10.0. The van der Waals surface area contributed by atoms with E-state index in [1.165, 1.54) is 0 Å². The fourth-order valence-corrected chi connectivity index (χ4v) is 3.11. The van der Waals surface area contributed by atoms with Gasteiger partial charge in [-0.3, -0.25) is 4.79 Å². The lowest BCUT2D eigenvalue weighted by Gasteiger charge is -2.24. The van der Waals surface area contributed by atoms with Crippen molar-refractivity contribution in [1.29, 1.82) is 0 Å². The highest BCUT2D eigenvalue weighted by Crippen LogP contribution is 2.26. The van der Waals surface area contributed by atoms with E-state index in [0.717, 1.165) is 16.3 Å². The highest BCUT2D eigenvalue weighted by Gasteiger charge is 2.27. The number of carbonyl (C=O) groups excluding carboxylic acids is 1. The molecule has 0 aromatic carbocycles. The number of thiazole rings is 1. The number of nitrogens with one attached hydrogen (secondary N) is 1. The molecule has 0 aliphatic heterocycles. The topological polar surface area (TPSA) is 68.0 Å². The molecule has 0 fully saturated rings. The number of aryl methyl sites for hydroxylation is 1. The summed E-state index contributed by atoms with van der Waals surface area (Å²) in [5.74, 6) is 0.324. The van der Waals surface area contributed by atoms with Gasteiger partial charge in [0.1, 0.15) is 5.01 Å². The molecule has 1 aromatic heterocycles. The molecule has 19 heavy (non-hydrogen) atoms. The minimum Gasteiger partial charge on any atom is -0.345 e. The van der Waals surface area contributed by atoms with Crippen LogP contribution in [0.3, 0.4) is 0 Å². The lowest BCUT2D eigenvalue weighted by molar-refractivity contribution is -0.123. The number of hydrogen-bond acceptors (Lipinski definition) is 4. The summed E-state index contributed by atoms with van der Waals surface area (Å²) in [5, 5.41) is 4.00. The van der Waals surface area contributed by atoms with Gasteiger partial charge in [0, 0.05) is 23.5 Å². The monoisotopic (exact) mass is 279 g/mol. The second kappa shape index (κ2) is 5.43.